The first kappa shape index (κ1) is 50.5. The van der Waals surface area contributed by atoms with E-state index in [0.717, 1.165) is 0 Å². The van der Waals surface area contributed by atoms with Gasteiger partial charge in [0.25, 0.3) is 11.8 Å². The standard InChI is InChI=1S/C60H54N2O8P2/c1-43(63)69-57-53(39-45(41-55(57)67-3)59(65)61-35-37-71(47-23-11-5-12-24-47,48-25-13-6-14-26-48)49-27-15-7-16-28-49)54-40-46(42-56(68-4)58(54)70-44(2)64)60(66)62-36-38-72(50-29-17-8-18-30-50,51-31-19-9-20-32-51)52-33-21-10-22-34-52/h5-34,39-42H,35-38H2,1-4H3/p+2. The summed E-state index contributed by atoms with van der Waals surface area (Å²) in [5.74, 6) is -2.23. The second kappa shape index (κ2) is 23.3. The molecule has 72 heavy (non-hydrogen) atoms. The van der Waals surface area contributed by atoms with Gasteiger partial charge in [-0.15, -0.1) is 0 Å². The van der Waals surface area contributed by atoms with Crippen molar-refractivity contribution in [2.75, 3.05) is 39.6 Å². The Labute approximate surface area is 422 Å². The first-order valence-electron chi connectivity index (χ1n) is 23.6. The molecule has 2 N–H and O–H groups in total. The molecule has 0 aromatic heterocycles. The van der Waals surface area contributed by atoms with Gasteiger partial charge in [-0.25, -0.2) is 0 Å². The van der Waals surface area contributed by atoms with Crippen LogP contribution >= 0.6 is 14.5 Å². The zero-order valence-corrected chi connectivity index (χ0v) is 42.4. The second-order valence-electron chi connectivity index (χ2n) is 16.9. The summed E-state index contributed by atoms with van der Waals surface area (Å²) in [6, 6.07) is 68.4. The summed E-state index contributed by atoms with van der Waals surface area (Å²) in [4.78, 5) is 54.7. The van der Waals surface area contributed by atoms with Crippen LogP contribution in [0.1, 0.15) is 34.6 Å². The van der Waals surface area contributed by atoms with Crippen LogP contribution in [0.15, 0.2) is 206 Å². The van der Waals surface area contributed by atoms with Crippen molar-refractivity contribution in [1.29, 1.82) is 0 Å². The molecule has 0 radical (unpaired) electrons. The fourth-order valence-electron chi connectivity index (χ4n) is 9.31. The zero-order chi connectivity index (χ0) is 50.5. The van der Waals surface area contributed by atoms with E-state index >= 15 is 0 Å². The smallest absolute Gasteiger partial charge is 0.308 e. The number of carbonyl (C=O) groups excluding carboxylic acids is 4. The van der Waals surface area contributed by atoms with E-state index in [1.165, 1.54) is 84.2 Å². The van der Waals surface area contributed by atoms with Crippen molar-refractivity contribution in [2.45, 2.75) is 13.8 Å². The molecule has 8 aromatic rings. The number of rotatable bonds is 19. The molecule has 10 nitrogen and oxygen atoms in total. The van der Waals surface area contributed by atoms with Crippen molar-refractivity contribution < 1.29 is 38.1 Å². The summed E-state index contributed by atoms with van der Waals surface area (Å²) in [5, 5.41) is 13.4. The Morgan fingerprint density at radius 2 is 0.639 bits per heavy atom. The van der Waals surface area contributed by atoms with E-state index in [9.17, 15) is 19.2 Å². The fourth-order valence-corrected chi connectivity index (χ4v) is 17.6. The van der Waals surface area contributed by atoms with Crippen molar-refractivity contribution >= 4 is 70.1 Å². The summed E-state index contributed by atoms with van der Waals surface area (Å²) in [6.07, 6.45) is 1.20. The number of benzene rings is 8. The lowest BCUT2D eigenvalue weighted by Gasteiger charge is -2.28. The largest absolute Gasteiger partial charge is 0.493 e. The van der Waals surface area contributed by atoms with Gasteiger partial charge in [-0.05, 0) is 97.1 Å². The topological polar surface area (TPSA) is 129 Å². The highest BCUT2D eigenvalue weighted by atomic mass is 31.2. The van der Waals surface area contributed by atoms with Crippen LogP contribution < -0.4 is 61.4 Å². The minimum atomic E-state index is -2.30. The zero-order valence-electron chi connectivity index (χ0n) is 40.6. The maximum Gasteiger partial charge on any atom is 0.308 e. The minimum absolute atomic E-state index is 0.0539. The number of nitrogens with one attached hydrogen (secondary N) is 2. The molecule has 0 unspecified atom stereocenters. The quantitative estimate of drug-likeness (QED) is 0.0468. The highest BCUT2D eigenvalue weighted by molar-refractivity contribution is 7.96. The molecule has 8 rings (SSSR count). The van der Waals surface area contributed by atoms with Gasteiger partial charge in [0.2, 0.25) is 0 Å². The molecule has 0 bridgehead atoms. The average molecular weight is 995 g/mol. The van der Waals surface area contributed by atoms with Crippen LogP contribution in [0, 0.1) is 0 Å². The lowest BCUT2D eigenvalue weighted by molar-refractivity contribution is -0.133. The van der Waals surface area contributed by atoms with Crippen LogP contribution in [0.2, 0.25) is 0 Å². The molecule has 12 heteroatoms. The first-order valence-corrected chi connectivity index (χ1v) is 27.5. The third-order valence-corrected chi connectivity index (χ3v) is 21.4. The third-order valence-electron chi connectivity index (χ3n) is 12.5. The van der Waals surface area contributed by atoms with Crippen molar-refractivity contribution in [3.63, 3.8) is 0 Å². The lowest BCUT2D eigenvalue weighted by atomic mass is 9.97. The van der Waals surface area contributed by atoms with Crippen LogP contribution in [-0.2, 0) is 9.59 Å². The number of hydrogen-bond acceptors (Lipinski definition) is 8. The van der Waals surface area contributed by atoms with Crippen molar-refractivity contribution in [1.82, 2.24) is 10.6 Å². The van der Waals surface area contributed by atoms with Gasteiger partial charge in [0.05, 0.1) is 39.6 Å². The van der Waals surface area contributed by atoms with Crippen LogP contribution in [0.4, 0.5) is 0 Å². The van der Waals surface area contributed by atoms with Gasteiger partial charge in [-0.2, -0.15) is 0 Å². The average Bonchev–Trinajstić information content (AvgIpc) is 3.42. The predicted octanol–water partition coefficient (Wildman–Crippen LogP) is 8.67. The van der Waals surface area contributed by atoms with E-state index < -0.39 is 38.3 Å². The number of esters is 2. The molecular formula is C60H56N2O8P2+2. The van der Waals surface area contributed by atoms with E-state index in [2.05, 4.69) is 83.4 Å². The van der Waals surface area contributed by atoms with Gasteiger partial charge in [-0.1, -0.05) is 109 Å². The van der Waals surface area contributed by atoms with Crippen molar-refractivity contribution in [3.8, 4) is 34.1 Å². The molecule has 8 aromatic carbocycles. The molecule has 0 atom stereocenters. The molecule has 2 amide bonds. The molecule has 0 aliphatic heterocycles. The van der Waals surface area contributed by atoms with E-state index in [-0.39, 0.29) is 45.3 Å². The first-order chi connectivity index (χ1) is 35.1. The predicted molar refractivity (Wildman–Crippen MR) is 292 cm³/mol. The van der Waals surface area contributed by atoms with E-state index in [1.54, 1.807) is 0 Å². The third kappa shape index (κ3) is 10.9. The second-order valence-corrected chi connectivity index (χ2v) is 24.1. The Bertz CT molecular complexity index is 2740. The molecule has 0 saturated heterocycles. The Morgan fingerprint density at radius 1 is 0.389 bits per heavy atom. The molecule has 362 valence electrons. The maximum atomic E-state index is 14.6. The molecular weight excluding hydrogens is 939 g/mol. The monoisotopic (exact) mass is 994 g/mol. The van der Waals surface area contributed by atoms with Crippen molar-refractivity contribution in [2.24, 2.45) is 0 Å². The van der Waals surface area contributed by atoms with Crippen LogP contribution in [0.25, 0.3) is 11.1 Å². The summed E-state index contributed by atoms with van der Waals surface area (Å²) in [6.45, 7) is 3.07. The van der Waals surface area contributed by atoms with Gasteiger partial charge in [0.15, 0.2) is 23.0 Å². The molecule has 0 saturated carbocycles. The van der Waals surface area contributed by atoms with Crippen LogP contribution in [0.5, 0.6) is 23.0 Å². The number of hydrogen-bond donors (Lipinski definition) is 2. The molecule has 0 spiro atoms. The van der Waals surface area contributed by atoms with Gasteiger partial charge >= 0.3 is 11.9 Å². The summed E-state index contributed by atoms with van der Waals surface area (Å²) >= 11 is 0. The van der Waals surface area contributed by atoms with Crippen molar-refractivity contribution in [3.05, 3.63) is 217 Å². The Balaban J connectivity index is 1.16. The van der Waals surface area contributed by atoms with Crippen LogP contribution in [0.3, 0.4) is 0 Å². The van der Waals surface area contributed by atoms with Gasteiger partial charge in [0.1, 0.15) is 46.4 Å². The van der Waals surface area contributed by atoms with Gasteiger partial charge < -0.3 is 29.6 Å². The highest BCUT2D eigenvalue weighted by Crippen LogP contribution is 2.56. The Hall–Kier alpha value is -7.90. The Kier molecular flexibility index (Phi) is 16.4. The molecule has 0 aliphatic rings. The highest BCUT2D eigenvalue weighted by Gasteiger charge is 2.46. The number of carbonyl (C=O) groups is 4. The normalized spacial score (nSPS) is 11.2. The van der Waals surface area contributed by atoms with E-state index in [4.69, 9.17) is 18.9 Å². The summed E-state index contributed by atoms with van der Waals surface area (Å²) in [5.41, 5.74) is 0.597. The lowest BCUT2D eigenvalue weighted by Crippen LogP contribution is -2.38. The van der Waals surface area contributed by atoms with Crippen LogP contribution in [-0.4, -0.2) is 63.4 Å². The van der Waals surface area contributed by atoms with E-state index in [0.29, 0.717) is 25.4 Å². The maximum absolute atomic E-state index is 14.6. The summed E-state index contributed by atoms with van der Waals surface area (Å²) in [7, 11) is -1.81. The fraction of sp³-hybridized carbons (Fsp3) is 0.133. The van der Waals surface area contributed by atoms with E-state index in [1.807, 2.05) is 109 Å². The molecule has 0 aliphatic carbocycles. The number of methoxy groups -OCH3 is 2. The van der Waals surface area contributed by atoms with Gasteiger partial charge in [-0.3, -0.25) is 19.2 Å². The van der Waals surface area contributed by atoms with Gasteiger partial charge in [0, 0.05) is 36.1 Å². The number of amides is 2. The molecule has 0 fully saturated rings. The minimum Gasteiger partial charge on any atom is -0.493 e. The Morgan fingerprint density at radius 3 is 0.861 bits per heavy atom. The number of ether oxygens (including phenoxy) is 4. The SMILES string of the molecule is COc1cc(C(=O)NCC[P+](c2ccccc2)(c2ccccc2)c2ccccc2)cc(-c2cc(C(=O)NCC[P+](c3ccccc3)(c3ccccc3)c3ccccc3)cc(OC)c2OC(C)=O)c1OC(C)=O. The summed E-state index contributed by atoms with van der Waals surface area (Å²) < 4.78 is 23.3. The molecule has 0 heterocycles.